The van der Waals surface area contributed by atoms with Gasteiger partial charge in [-0.15, -0.1) is 11.3 Å². The summed E-state index contributed by atoms with van der Waals surface area (Å²) >= 11 is 1.37. The van der Waals surface area contributed by atoms with Gasteiger partial charge >= 0.3 is 0 Å². The van der Waals surface area contributed by atoms with Crippen molar-refractivity contribution in [1.29, 1.82) is 0 Å². The summed E-state index contributed by atoms with van der Waals surface area (Å²) in [6, 6.07) is 9.22. The van der Waals surface area contributed by atoms with Crippen molar-refractivity contribution in [3.8, 4) is 0 Å². The number of amides is 1. The van der Waals surface area contributed by atoms with Crippen LogP contribution in [0.1, 0.15) is 21.5 Å². The van der Waals surface area contributed by atoms with E-state index < -0.39 is 0 Å². The van der Waals surface area contributed by atoms with Gasteiger partial charge in [-0.3, -0.25) is 14.5 Å². The number of carbonyl (C=O) groups is 2. The number of hydrogen-bond acceptors (Lipinski definition) is 5. The number of carbonyl (C=O) groups excluding carboxylic acids is 2. The fraction of sp³-hybridized carbons (Fsp3) is 0.333. The molecule has 0 radical (unpaired) electrons. The third kappa shape index (κ3) is 4.08. The van der Waals surface area contributed by atoms with Crippen molar-refractivity contribution in [3.05, 3.63) is 52.4 Å². The van der Waals surface area contributed by atoms with Crippen LogP contribution < -0.4 is 5.32 Å². The molecule has 24 heavy (non-hydrogen) atoms. The van der Waals surface area contributed by atoms with Crippen LogP contribution in [-0.2, 0) is 9.53 Å². The Morgan fingerprint density at radius 1 is 1.17 bits per heavy atom. The Morgan fingerprint density at radius 2 is 1.88 bits per heavy atom. The molecule has 1 aromatic heterocycles. The summed E-state index contributed by atoms with van der Waals surface area (Å²) in [7, 11) is 0. The number of morpholine rings is 1. The van der Waals surface area contributed by atoms with E-state index in [4.69, 9.17) is 4.74 Å². The summed E-state index contributed by atoms with van der Waals surface area (Å²) in [5.41, 5.74) is 2.28. The molecule has 6 heteroatoms. The van der Waals surface area contributed by atoms with E-state index in [0.29, 0.717) is 35.9 Å². The molecule has 126 valence electrons. The number of rotatable bonds is 5. The summed E-state index contributed by atoms with van der Waals surface area (Å²) in [6.07, 6.45) is 0. The Morgan fingerprint density at radius 3 is 2.58 bits per heavy atom. The van der Waals surface area contributed by atoms with Gasteiger partial charge in [-0.1, -0.05) is 29.8 Å². The van der Waals surface area contributed by atoms with Gasteiger partial charge in [0.25, 0.3) is 0 Å². The topological polar surface area (TPSA) is 58.6 Å². The molecule has 0 saturated carbocycles. The fourth-order valence-electron chi connectivity index (χ4n) is 2.57. The quantitative estimate of drug-likeness (QED) is 0.847. The Kier molecular flexibility index (Phi) is 5.40. The maximum absolute atomic E-state index is 12.6. The summed E-state index contributed by atoms with van der Waals surface area (Å²) in [6.45, 7) is 5.13. The average molecular weight is 344 g/mol. The first-order chi connectivity index (χ1) is 11.6. The monoisotopic (exact) mass is 344 g/mol. The molecule has 1 fully saturated rings. The smallest absolute Gasteiger partial charge is 0.239 e. The van der Waals surface area contributed by atoms with Crippen LogP contribution in [0.2, 0.25) is 0 Å². The number of nitrogens with zero attached hydrogens (tertiary/aromatic N) is 1. The van der Waals surface area contributed by atoms with Crippen molar-refractivity contribution >= 4 is 28.0 Å². The van der Waals surface area contributed by atoms with Crippen molar-refractivity contribution in [2.24, 2.45) is 0 Å². The molecule has 1 N–H and O–H groups in total. The average Bonchev–Trinajstić information content (AvgIpc) is 3.03. The number of thiophene rings is 1. The molecule has 5 nitrogen and oxygen atoms in total. The van der Waals surface area contributed by atoms with Crippen molar-refractivity contribution in [2.45, 2.75) is 6.92 Å². The van der Waals surface area contributed by atoms with Gasteiger partial charge in [-0.2, -0.15) is 0 Å². The van der Waals surface area contributed by atoms with Crippen molar-refractivity contribution < 1.29 is 14.3 Å². The van der Waals surface area contributed by atoms with Crippen LogP contribution in [0.4, 0.5) is 5.00 Å². The number of ether oxygens (including phenoxy) is 1. The minimum Gasteiger partial charge on any atom is -0.379 e. The molecule has 1 saturated heterocycles. The number of benzene rings is 1. The van der Waals surface area contributed by atoms with Gasteiger partial charge < -0.3 is 10.1 Å². The molecule has 0 aliphatic carbocycles. The second kappa shape index (κ2) is 7.70. The molecule has 0 atom stereocenters. The van der Waals surface area contributed by atoms with Crippen LogP contribution in [0, 0.1) is 6.92 Å². The molecule has 3 rings (SSSR count). The van der Waals surface area contributed by atoms with Crippen LogP contribution in [0.25, 0.3) is 0 Å². The third-order valence-electron chi connectivity index (χ3n) is 3.95. The zero-order valence-corrected chi connectivity index (χ0v) is 14.4. The van der Waals surface area contributed by atoms with Gasteiger partial charge in [0.2, 0.25) is 5.91 Å². The lowest BCUT2D eigenvalue weighted by atomic mass is 10.0. The minimum absolute atomic E-state index is 0.0714. The Balaban J connectivity index is 1.67. The van der Waals surface area contributed by atoms with Crippen LogP contribution in [0.5, 0.6) is 0 Å². The standard InChI is InChI=1S/C18H20N2O3S/c1-13-2-4-14(5-3-13)17(22)15-6-11-24-18(15)19-16(21)12-20-7-9-23-10-8-20/h2-6,11H,7-10,12H2,1H3,(H,19,21). The Hall–Kier alpha value is -2.02. The van der Waals surface area contributed by atoms with E-state index in [-0.39, 0.29) is 11.7 Å². The first-order valence-electron chi connectivity index (χ1n) is 7.92. The molecule has 0 unspecified atom stereocenters. The van der Waals surface area contributed by atoms with E-state index in [9.17, 15) is 9.59 Å². The molecule has 1 amide bonds. The number of anilines is 1. The van der Waals surface area contributed by atoms with Crippen molar-refractivity contribution in [2.75, 3.05) is 38.2 Å². The van der Waals surface area contributed by atoms with Crippen LogP contribution >= 0.6 is 11.3 Å². The number of aryl methyl sites for hydroxylation is 1. The zero-order valence-electron chi connectivity index (χ0n) is 13.6. The molecule has 1 aromatic carbocycles. The van der Waals surface area contributed by atoms with E-state index in [1.165, 1.54) is 11.3 Å². The highest BCUT2D eigenvalue weighted by molar-refractivity contribution is 7.14. The fourth-order valence-corrected chi connectivity index (χ4v) is 3.37. The molecule has 2 aromatic rings. The van der Waals surface area contributed by atoms with Gasteiger partial charge in [-0.05, 0) is 18.4 Å². The molecule has 2 heterocycles. The molecule has 0 bridgehead atoms. The predicted molar refractivity (Wildman–Crippen MR) is 94.8 cm³/mol. The summed E-state index contributed by atoms with van der Waals surface area (Å²) < 4.78 is 5.28. The van der Waals surface area contributed by atoms with Crippen LogP contribution in [0.15, 0.2) is 35.7 Å². The minimum atomic E-state index is -0.0997. The van der Waals surface area contributed by atoms with Crippen molar-refractivity contribution in [1.82, 2.24) is 4.90 Å². The summed E-state index contributed by atoms with van der Waals surface area (Å²) in [4.78, 5) is 26.9. The number of ketones is 1. The predicted octanol–water partition coefficient (Wildman–Crippen LogP) is 2.56. The normalized spacial score (nSPS) is 15.2. The van der Waals surface area contributed by atoms with E-state index in [1.54, 1.807) is 6.07 Å². The van der Waals surface area contributed by atoms with Crippen molar-refractivity contribution in [3.63, 3.8) is 0 Å². The zero-order chi connectivity index (χ0) is 16.9. The van der Waals surface area contributed by atoms with Crippen LogP contribution in [-0.4, -0.2) is 49.4 Å². The molecule has 1 aliphatic heterocycles. The lowest BCUT2D eigenvalue weighted by molar-refractivity contribution is -0.118. The lowest BCUT2D eigenvalue weighted by Gasteiger charge is -2.25. The van der Waals surface area contributed by atoms with Gasteiger partial charge in [-0.25, -0.2) is 0 Å². The third-order valence-corrected chi connectivity index (χ3v) is 4.78. The molecule has 0 spiro atoms. The second-order valence-corrected chi connectivity index (χ2v) is 6.71. The van der Waals surface area contributed by atoms with Gasteiger partial charge in [0.15, 0.2) is 5.78 Å². The van der Waals surface area contributed by atoms with E-state index >= 15 is 0 Å². The lowest BCUT2D eigenvalue weighted by Crippen LogP contribution is -2.41. The van der Waals surface area contributed by atoms with Crippen LogP contribution in [0.3, 0.4) is 0 Å². The number of nitrogens with one attached hydrogen (secondary N) is 1. The number of hydrogen-bond donors (Lipinski definition) is 1. The largest absolute Gasteiger partial charge is 0.379 e. The van der Waals surface area contributed by atoms with E-state index in [1.807, 2.05) is 41.5 Å². The second-order valence-electron chi connectivity index (χ2n) is 5.80. The Labute approximate surface area is 145 Å². The highest BCUT2D eigenvalue weighted by Crippen LogP contribution is 2.26. The SMILES string of the molecule is Cc1ccc(C(=O)c2ccsc2NC(=O)CN2CCOCC2)cc1. The Bertz CT molecular complexity index is 718. The highest BCUT2D eigenvalue weighted by Gasteiger charge is 2.19. The summed E-state index contributed by atoms with van der Waals surface area (Å²) in [5.74, 6) is -0.171. The van der Waals surface area contributed by atoms with E-state index in [2.05, 4.69) is 5.32 Å². The first-order valence-corrected chi connectivity index (χ1v) is 8.80. The summed E-state index contributed by atoms with van der Waals surface area (Å²) in [5, 5.41) is 5.31. The molecular formula is C18H20N2O3S. The molecular weight excluding hydrogens is 324 g/mol. The van der Waals surface area contributed by atoms with Gasteiger partial charge in [0, 0.05) is 18.7 Å². The van der Waals surface area contributed by atoms with Gasteiger partial charge in [0.05, 0.1) is 25.3 Å². The first kappa shape index (κ1) is 16.8. The highest BCUT2D eigenvalue weighted by atomic mass is 32.1. The maximum atomic E-state index is 12.6. The molecule has 1 aliphatic rings. The van der Waals surface area contributed by atoms with Gasteiger partial charge in [0.1, 0.15) is 5.00 Å². The van der Waals surface area contributed by atoms with E-state index in [0.717, 1.165) is 18.7 Å². The maximum Gasteiger partial charge on any atom is 0.239 e.